The van der Waals surface area contributed by atoms with E-state index in [-0.39, 0.29) is 5.91 Å². The smallest absolute Gasteiger partial charge is 0.217 e. The van der Waals surface area contributed by atoms with Crippen LogP contribution in [0.1, 0.15) is 38.5 Å². The Morgan fingerprint density at radius 1 is 1.43 bits per heavy atom. The average molecular weight is 200 g/mol. The second kappa shape index (κ2) is 5.32. The van der Waals surface area contributed by atoms with Crippen LogP contribution in [-0.2, 0) is 4.79 Å². The molecule has 0 unspecified atom stereocenters. The second-order valence-electron chi connectivity index (χ2n) is 4.18. The van der Waals surface area contributed by atoms with Gasteiger partial charge in [-0.1, -0.05) is 12.8 Å². The van der Waals surface area contributed by atoms with E-state index in [2.05, 4.69) is 5.32 Å². The van der Waals surface area contributed by atoms with Gasteiger partial charge in [0.05, 0.1) is 5.60 Å². The van der Waals surface area contributed by atoms with Gasteiger partial charge in [-0.05, 0) is 25.8 Å². The van der Waals surface area contributed by atoms with E-state index in [4.69, 9.17) is 5.73 Å². The Kier molecular flexibility index (Phi) is 4.35. The van der Waals surface area contributed by atoms with Gasteiger partial charge in [0.25, 0.3) is 0 Å². The summed E-state index contributed by atoms with van der Waals surface area (Å²) in [6, 6.07) is 0. The van der Waals surface area contributed by atoms with Crippen LogP contribution in [0.5, 0.6) is 0 Å². The van der Waals surface area contributed by atoms with Crippen molar-refractivity contribution in [2.24, 2.45) is 5.73 Å². The zero-order chi connectivity index (χ0) is 10.4. The molecule has 4 heteroatoms. The van der Waals surface area contributed by atoms with Crippen molar-refractivity contribution in [3.63, 3.8) is 0 Å². The van der Waals surface area contributed by atoms with Crippen molar-refractivity contribution >= 4 is 5.91 Å². The molecule has 1 amide bonds. The molecule has 1 rings (SSSR count). The maximum absolute atomic E-state index is 10.4. The number of aliphatic hydroxyl groups is 1. The second-order valence-corrected chi connectivity index (χ2v) is 4.18. The number of nitrogens with two attached hydrogens (primary N) is 1. The molecule has 0 aliphatic heterocycles. The molecule has 0 heterocycles. The molecule has 0 aromatic heterocycles. The lowest BCUT2D eigenvalue weighted by molar-refractivity contribution is -0.118. The fraction of sp³-hybridized carbons (Fsp3) is 0.900. The topological polar surface area (TPSA) is 75.4 Å². The minimum Gasteiger partial charge on any atom is -0.389 e. The fourth-order valence-electron chi connectivity index (χ4n) is 1.92. The van der Waals surface area contributed by atoms with E-state index in [0.29, 0.717) is 13.0 Å². The molecule has 4 N–H and O–H groups in total. The van der Waals surface area contributed by atoms with E-state index in [1.165, 1.54) is 0 Å². The maximum Gasteiger partial charge on any atom is 0.217 e. The normalized spacial score (nSPS) is 19.8. The lowest BCUT2D eigenvalue weighted by Gasteiger charge is -2.22. The highest BCUT2D eigenvalue weighted by molar-refractivity contribution is 5.73. The number of rotatable bonds is 6. The number of primary amides is 1. The van der Waals surface area contributed by atoms with Crippen LogP contribution in [0.25, 0.3) is 0 Å². The molecular formula is C10H20N2O2. The number of hydrogen-bond donors (Lipinski definition) is 3. The number of hydrogen-bond acceptors (Lipinski definition) is 3. The first-order valence-electron chi connectivity index (χ1n) is 5.34. The van der Waals surface area contributed by atoms with E-state index in [9.17, 15) is 9.90 Å². The van der Waals surface area contributed by atoms with Crippen LogP contribution in [-0.4, -0.2) is 29.7 Å². The molecule has 1 aliphatic rings. The van der Waals surface area contributed by atoms with E-state index >= 15 is 0 Å². The van der Waals surface area contributed by atoms with E-state index in [1.807, 2.05) is 0 Å². The van der Waals surface area contributed by atoms with E-state index in [0.717, 1.165) is 38.6 Å². The lowest BCUT2D eigenvalue weighted by atomic mass is 10.0. The fourth-order valence-corrected chi connectivity index (χ4v) is 1.92. The summed E-state index contributed by atoms with van der Waals surface area (Å²) >= 11 is 0. The number of amides is 1. The molecule has 1 aliphatic carbocycles. The Morgan fingerprint density at radius 2 is 2.07 bits per heavy atom. The standard InChI is InChI=1S/C10H20N2O2/c11-9(13)4-3-7-12-8-10(14)5-1-2-6-10/h12,14H,1-8H2,(H2,11,13). The van der Waals surface area contributed by atoms with Gasteiger partial charge in [-0.15, -0.1) is 0 Å². The monoisotopic (exact) mass is 200 g/mol. The van der Waals surface area contributed by atoms with Crippen molar-refractivity contribution in [1.82, 2.24) is 5.32 Å². The summed E-state index contributed by atoms with van der Waals surface area (Å²) < 4.78 is 0. The molecule has 0 atom stereocenters. The summed E-state index contributed by atoms with van der Waals surface area (Å²) in [5.41, 5.74) is 4.51. The Labute approximate surface area is 84.9 Å². The third kappa shape index (κ3) is 4.07. The van der Waals surface area contributed by atoms with Crippen molar-refractivity contribution < 1.29 is 9.90 Å². The molecule has 0 spiro atoms. The van der Waals surface area contributed by atoms with Gasteiger partial charge in [0, 0.05) is 13.0 Å². The minimum absolute atomic E-state index is 0.258. The summed E-state index contributed by atoms with van der Waals surface area (Å²) in [7, 11) is 0. The van der Waals surface area contributed by atoms with Gasteiger partial charge in [0.1, 0.15) is 0 Å². The van der Waals surface area contributed by atoms with Gasteiger partial charge in [0.15, 0.2) is 0 Å². The van der Waals surface area contributed by atoms with E-state index < -0.39 is 5.60 Å². The maximum atomic E-state index is 10.4. The quantitative estimate of drug-likeness (QED) is 0.534. The SMILES string of the molecule is NC(=O)CCCNCC1(O)CCCC1. The van der Waals surface area contributed by atoms with Gasteiger partial charge in [0.2, 0.25) is 5.91 Å². The van der Waals surface area contributed by atoms with Crippen LogP contribution >= 0.6 is 0 Å². The summed E-state index contributed by atoms with van der Waals surface area (Å²) in [6.45, 7) is 1.40. The summed E-state index contributed by atoms with van der Waals surface area (Å²) in [6.07, 6.45) is 5.22. The van der Waals surface area contributed by atoms with Gasteiger partial charge >= 0.3 is 0 Å². The highest BCUT2D eigenvalue weighted by Gasteiger charge is 2.30. The molecule has 0 bridgehead atoms. The predicted molar refractivity (Wildman–Crippen MR) is 54.7 cm³/mol. The van der Waals surface area contributed by atoms with Gasteiger partial charge in [-0.2, -0.15) is 0 Å². The summed E-state index contributed by atoms with van der Waals surface area (Å²) in [5.74, 6) is -0.258. The van der Waals surface area contributed by atoms with Crippen molar-refractivity contribution in [2.45, 2.75) is 44.1 Å². The average Bonchev–Trinajstić information content (AvgIpc) is 2.51. The molecule has 0 radical (unpaired) electrons. The van der Waals surface area contributed by atoms with Crippen LogP contribution in [0.2, 0.25) is 0 Å². The van der Waals surface area contributed by atoms with Crippen molar-refractivity contribution in [2.75, 3.05) is 13.1 Å². The Hall–Kier alpha value is -0.610. The zero-order valence-electron chi connectivity index (χ0n) is 8.59. The third-order valence-electron chi connectivity index (χ3n) is 2.77. The van der Waals surface area contributed by atoms with Crippen LogP contribution in [0.15, 0.2) is 0 Å². The lowest BCUT2D eigenvalue weighted by Crippen LogP contribution is -2.38. The molecule has 4 nitrogen and oxygen atoms in total. The first kappa shape index (κ1) is 11.5. The Balaban J connectivity index is 2.00. The largest absolute Gasteiger partial charge is 0.389 e. The molecule has 1 saturated carbocycles. The van der Waals surface area contributed by atoms with Gasteiger partial charge in [-0.3, -0.25) is 4.79 Å². The Morgan fingerprint density at radius 3 is 2.64 bits per heavy atom. The van der Waals surface area contributed by atoms with Crippen LogP contribution in [0.3, 0.4) is 0 Å². The molecule has 14 heavy (non-hydrogen) atoms. The van der Waals surface area contributed by atoms with Crippen molar-refractivity contribution in [3.05, 3.63) is 0 Å². The molecular weight excluding hydrogens is 180 g/mol. The predicted octanol–water partition coefficient (Wildman–Crippen LogP) is 0.147. The first-order chi connectivity index (χ1) is 6.62. The molecule has 0 saturated heterocycles. The molecule has 0 aromatic rings. The minimum atomic E-state index is -0.493. The Bertz CT molecular complexity index is 189. The molecule has 82 valence electrons. The van der Waals surface area contributed by atoms with Crippen molar-refractivity contribution in [3.8, 4) is 0 Å². The number of carbonyl (C=O) groups excluding carboxylic acids is 1. The van der Waals surface area contributed by atoms with Gasteiger partial charge < -0.3 is 16.2 Å². The van der Waals surface area contributed by atoms with Gasteiger partial charge in [-0.25, -0.2) is 0 Å². The summed E-state index contributed by atoms with van der Waals surface area (Å²) in [5, 5.41) is 13.1. The van der Waals surface area contributed by atoms with E-state index in [1.54, 1.807) is 0 Å². The molecule has 1 fully saturated rings. The number of carbonyl (C=O) groups is 1. The first-order valence-corrected chi connectivity index (χ1v) is 5.34. The third-order valence-corrected chi connectivity index (χ3v) is 2.77. The summed E-state index contributed by atoms with van der Waals surface area (Å²) in [4.78, 5) is 10.4. The highest BCUT2D eigenvalue weighted by Crippen LogP contribution is 2.28. The molecule has 0 aromatic carbocycles. The van der Waals surface area contributed by atoms with Crippen LogP contribution in [0.4, 0.5) is 0 Å². The van der Waals surface area contributed by atoms with Crippen LogP contribution < -0.4 is 11.1 Å². The zero-order valence-corrected chi connectivity index (χ0v) is 8.59. The highest BCUT2D eigenvalue weighted by atomic mass is 16.3. The number of nitrogens with one attached hydrogen (secondary N) is 1. The van der Waals surface area contributed by atoms with Crippen LogP contribution in [0, 0.1) is 0 Å². The van der Waals surface area contributed by atoms with Crippen molar-refractivity contribution in [1.29, 1.82) is 0 Å².